The molecule has 31 heavy (non-hydrogen) atoms. The summed E-state index contributed by atoms with van der Waals surface area (Å²) in [5.41, 5.74) is 3.95. The van der Waals surface area contributed by atoms with Gasteiger partial charge >= 0.3 is 0 Å². The molecule has 0 spiro atoms. The number of H-pyrrole nitrogens is 1. The topological polar surface area (TPSA) is 70.9 Å². The molecule has 0 bridgehead atoms. The van der Waals surface area contributed by atoms with Crippen molar-refractivity contribution in [2.75, 3.05) is 0 Å². The number of phenolic OH excluding ortho intramolecular Hbond substituents is 1. The van der Waals surface area contributed by atoms with Crippen LogP contribution in [-0.4, -0.2) is 19.6 Å². The van der Waals surface area contributed by atoms with Crippen LogP contribution in [0.5, 0.6) is 5.75 Å². The zero-order valence-corrected chi connectivity index (χ0v) is 16.4. The van der Waals surface area contributed by atoms with Crippen molar-refractivity contribution in [3.8, 4) is 34.1 Å². The molecule has 2 N–H and O–H groups in total. The number of hydrogen-bond donors (Lipinski definition) is 2. The lowest BCUT2D eigenvalue weighted by Gasteiger charge is -2.13. The second-order valence-electron chi connectivity index (χ2n) is 7.32. The maximum atomic E-state index is 13.4. The lowest BCUT2D eigenvalue weighted by molar-refractivity contribution is 0.475. The van der Waals surface area contributed by atoms with Crippen LogP contribution in [0.15, 0.2) is 89.9 Å². The molecule has 3 aromatic rings. The number of halogens is 1. The molecule has 0 aromatic heterocycles. The molecule has 0 aliphatic carbocycles. The van der Waals surface area contributed by atoms with Crippen LogP contribution in [0.2, 0.25) is 0 Å². The first-order chi connectivity index (χ1) is 15.1. The van der Waals surface area contributed by atoms with Crippen molar-refractivity contribution in [3.05, 3.63) is 112 Å². The molecule has 0 saturated heterocycles. The molecule has 5 rings (SSSR count). The van der Waals surface area contributed by atoms with E-state index in [2.05, 4.69) is 9.97 Å². The van der Waals surface area contributed by atoms with Crippen molar-refractivity contribution in [3.63, 3.8) is 0 Å². The molecule has 2 heterocycles. The molecule has 6 heteroatoms. The zero-order valence-electron chi connectivity index (χ0n) is 16.4. The number of rotatable bonds is 4. The quantitative estimate of drug-likeness (QED) is 0.448. The zero-order chi connectivity index (χ0) is 21.4. The highest BCUT2D eigenvalue weighted by atomic mass is 19.1. The SMILES string of the molecule is O=c1c(-c2ccc(F)cc2)nc2c(Cc3ccccc3)[nH]c(-c3ccc(O)cc3)cn1-2. The molecule has 0 atom stereocenters. The first-order valence-corrected chi connectivity index (χ1v) is 9.82. The van der Waals surface area contributed by atoms with Crippen LogP contribution in [0, 0.1) is 5.82 Å². The van der Waals surface area contributed by atoms with E-state index in [0.29, 0.717) is 17.8 Å². The Morgan fingerprint density at radius 3 is 2.29 bits per heavy atom. The third-order valence-corrected chi connectivity index (χ3v) is 5.20. The molecule has 3 aromatic carbocycles. The Morgan fingerprint density at radius 1 is 0.903 bits per heavy atom. The fourth-order valence-electron chi connectivity index (χ4n) is 3.64. The first kappa shape index (κ1) is 18.8. The second-order valence-corrected chi connectivity index (χ2v) is 7.32. The van der Waals surface area contributed by atoms with Gasteiger partial charge in [0.2, 0.25) is 0 Å². The Bertz CT molecular complexity index is 1370. The van der Waals surface area contributed by atoms with Crippen molar-refractivity contribution >= 4 is 0 Å². The van der Waals surface area contributed by atoms with Crippen molar-refractivity contribution in [2.24, 2.45) is 0 Å². The van der Waals surface area contributed by atoms with E-state index in [0.717, 1.165) is 22.5 Å². The van der Waals surface area contributed by atoms with Gasteiger partial charge in [-0.1, -0.05) is 30.3 Å². The second kappa shape index (κ2) is 7.57. The van der Waals surface area contributed by atoms with Gasteiger partial charge in [0.25, 0.3) is 5.56 Å². The number of benzene rings is 3. The van der Waals surface area contributed by atoms with Crippen LogP contribution < -0.4 is 5.56 Å². The minimum Gasteiger partial charge on any atom is -0.508 e. The lowest BCUT2D eigenvalue weighted by atomic mass is 10.1. The lowest BCUT2D eigenvalue weighted by Crippen LogP contribution is -2.16. The monoisotopic (exact) mass is 411 g/mol. The van der Waals surface area contributed by atoms with E-state index in [1.54, 1.807) is 42.6 Å². The predicted molar refractivity (Wildman–Crippen MR) is 117 cm³/mol. The summed E-state index contributed by atoms with van der Waals surface area (Å²) in [5, 5.41) is 9.62. The Kier molecular flexibility index (Phi) is 4.59. The van der Waals surface area contributed by atoms with Crippen molar-refractivity contribution in [1.82, 2.24) is 14.5 Å². The fourth-order valence-corrected chi connectivity index (χ4v) is 3.64. The summed E-state index contributed by atoms with van der Waals surface area (Å²) in [5.74, 6) is 0.323. The number of fused-ring (bicyclic) bond motifs is 1. The molecule has 0 amide bonds. The Morgan fingerprint density at radius 2 is 1.58 bits per heavy atom. The Labute approximate surface area is 177 Å². The van der Waals surface area contributed by atoms with Crippen LogP contribution in [0.4, 0.5) is 4.39 Å². The van der Waals surface area contributed by atoms with Gasteiger partial charge in [-0.05, 0) is 59.7 Å². The van der Waals surface area contributed by atoms with Gasteiger partial charge in [0.05, 0.1) is 11.4 Å². The van der Waals surface area contributed by atoms with Gasteiger partial charge in [0.1, 0.15) is 17.3 Å². The van der Waals surface area contributed by atoms with E-state index >= 15 is 0 Å². The number of nitrogens with one attached hydrogen (secondary N) is 1. The highest BCUT2D eigenvalue weighted by Crippen LogP contribution is 2.26. The molecule has 0 radical (unpaired) electrons. The summed E-state index contributed by atoms with van der Waals surface area (Å²) in [6, 6.07) is 22.4. The third-order valence-electron chi connectivity index (χ3n) is 5.20. The molecule has 5 nitrogen and oxygen atoms in total. The summed E-state index contributed by atoms with van der Waals surface area (Å²) in [4.78, 5) is 21.2. The number of hydrogen-bond acceptors (Lipinski definition) is 3. The first-order valence-electron chi connectivity index (χ1n) is 9.82. The van der Waals surface area contributed by atoms with E-state index in [4.69, 9.17) is 0 Å². The minimum absolute atomic E-state index is 0.167. The van der Waals surface area contributed by atoms with Crippen LogP contribution >= 0.6 is 0 Å². The number of phenols is 1. The van der Waals surface area contributed by atoms with E-state index in [9.17, 15) is 14.3 Å². The molecule has 2 aliphatic heterocycles. The molecule has 0 fully saturated rings. The van der Waals surface area contributed by atoms with Gasteiger partial charge in [-0.15, -0.1) is 0 Å². The largest absolute Gasteiger partial charge is 0.508 e. The van der Waals surface area contributed by atoms with E-state index in [1.807, 2.05) is 30.3 Å². The maximum absolute atomic E-state index is 13.4. The van der Waals surface area contributed by atoms with Crippen molar-refractivity contribution in [1.29, 1.82) is 0 Å². The average molecular weight is 411 g/mol. The average Bonchev–Trinajstić information content (AvgIpc) is 3.12. The number of imidazole rings is 1. The highest BCUT2D eigenvalue weighted by molar-refractivity contribution is 5.65. The molecule has 0 unspecified atom stereocenters. The van der Waals surface area contributed by atoms with Gasteiger partial charge in [0, 0.05) is 18.2 Å². The van der Waals surface area contributed by atoms with Gasteiger partial charge < -0.3 is 10.1 Å². The van der Waals surface area contributed by atoms with Crippen LogP contribution in [-0.2, 0) is 6.42 Å². The number of aromatic amines is 1. The number of aromatic nitrogens is 3. The fraction of sp³-hybridized carbons (Fsp3) is 0.0400. The van der Waals surface area contributed by atoms with Crippen LogP contribution in [0.25, 0.3) is 28.3 Å². The molecule has 152 valence electrons. The van der Waals surface area contributed by atoms with E-state index < -0.39 is 0 Å². The standard InChI is InChI=1S/C25H18FN3O2/c26-19-10-6-18(7-11-19)23-25(31)29-15-22(17-8-12-20(30)13-9-17)27-21(24(29)28-23)14-16-4-2-1-3-5-16/h1-13,15,27,30H,14H2. The van der Waals surface area contributed by atoms with Crippen LogP contribution in [0.3, 0.4) is 0 Å². The van der Waals surface area contributed by atoms with E-state index in [-0.39, 0.29) is 22.8 Å². The highest BCUT2D eigenvalue weighted by Gasteiger charge is 2.21. The number of aromatic hydroxyl groups is 1. The summed E-state index contributed by atoms with van der Waals surface area (Å²) >= 11 is 0. The van der Waals surface area contributed by atoms with Crippen molar-refractivity contribution in [2.45, 2.75) is 6.42 Å². The summed E-state index contributed by atoms with van der Waals surface area (Å²) < 4.78 is 14.9. The normalized spacial score (nSPS) is 11.1. The summed E-state index contributed by atoms with van der Waals surface area (Å²) in [7, 11) is 0. The predicted octanol–water partition coefficient (Wildman–Crippen LogP) is 4.77. The maximum Gasteiger partial charge on any atom is 0.282 e. The molecule has 2 aliphatic rings. The van der Waals surface area contributed by atoms with Gasteiger partial charge in [-0.25, -0.2) is 9.37 Å². The summed E-state index contributed by atoms with van der Waals surface area (Å²) in [6.45, 7) is 0. The smallest absolute Gasteiger partial charge is 0.282 e. The third kappa shape index (κ3) is 3.59. The van der Waals surface area contributed by atoms with Crippen LogP contribution in [0.1, 0.15) is 11.3 Å². The van der Waals surface area contributed by atoms with Gasteiger partial charge in [-0.3, -0.25) is 9.36 Å². The summed E-state index contributed by atoms with van der Waals surface area (Å²) in [6.07, 6.45) is 2.26. The Balaban J connectivity index is 1.71. The minimum atomic E-state index is -0.368. The van der Waals surface area contributed by atoms with Gasteiger partial charge in [-0.2, -0.15) is 0 Å². The van der Waals surface area contributed by atoms with Crippen molar-refractivity contribution < 1.29 is 9.50 Å². The van der Waals surface area contributed by atoms with Gasteiger partial charge in [0.15, 0.2) is 5.82 Å². The molecular weight excluding hydrogens is 393 g/mol. The molecular formula is C25H18FN3O2. The van der Waals surface area contributed by atoms with E-state index in [1.165, 1.54) is 16.7 Å². The molecule has 0 saturated carbocycles. The number of nitrogens with zero attached hydrogens (tertiary/aromatic N) is 2. The Hall–Kier alpha value is -4.19.